The number of rotatable bonds is 5. The summed E-state index contributed by atoms with van der Waals surface area (Å²) >= 11 is 0. The van der Waals surface area contributed by atoms with Gasteiger partial charge in [-0.3, -0.25) is 15.0 Å². The van der Waals surface area contributed by atoms with Gasteiger partial charge in [0.05, 0.1) is 0 Å². The van der Waals surface area contributed by atoms with E-state index in [2.05, 4.69) is 46.8 Å². The summed E-state index contributed by atoms with van der Waals surface area (Å²) in [4.78, 5) is 24.8. The smallest absolute Gasteiger partial charge is 0.321 e. The molecule has 0 saturated carbocycles. The third kappa shape index (κ3) is 4.04. The first-order chi connectivity index (χ1) is 10.1. The molecule has 1 aromatic carbocycles. The van der Waals surface area contributed by atoms with Crippen LogP contribution in [-0.4, -0.2) is 37.5 Å². The third-order valence-electron chi connectivity index (χ3n) is 4.03. The minimum absolute atomic E-state index is 0.227. The zero-order valence-electron chi connectivity index (χ0n) is 12.7. The summed E-state index contributed by atoms with van der Waals surface area (Å²) in [6, 6.07) is 8.56. The van der Waals surface area contributed by atoms with Crippen molar-refractivity contribution >= 4 is 11.9 Å². The molecule has 0 saturated heterocycles. The maximum atomic E-state index is 11.5. The van der Waals surface area contributed by atoms with E-state index in [4.69, 9.17) is 0 Å². The largest absolute Gasteiger partial charge is 0.341 e. The second kappa shape index (κ2) is 7.22. The Bertz CT molecular complexity index is 516. The highest BCUT2D eigenvalue weighted by Crippen LogP contribution is 2.34. The third-order valence-corrected chi connectivity index (χ3v) is 4.03. The van der Waals surface area contributed by atoms with Crippen LogP contribution >= 0.6 is 0 Å². The van der Waals surface area contributed by atoms with E-state index in [1.165, 1.54) is 18.2 Å². The molecule has 0 aromatic heterocycles. The average Bonchev–Trinajstić information content (AvgIpc) is 2.91. The molecule has 0 unspecified atom stereocenters. The van der Waals surface area contributed by atoms with Crippen molar-refractivity contribution in [3.05, 3.63) is 35.4 Å². The van der Waals surface area contributed by atoms with Crippen LogP contribution in [0.3, 0.4) is 0 Å². The van der Waals surface area contributed by atoms with Gasteiger partial charge < -0.3 is 5.32 Å². The molecule has 5 heteroatoms. The number of benzene rings is 1. The van der Waals surface area contributed by atoms with Crippen LogP contribution in [0.5, 0.6) is 0 Å². The van der Waals surface area contributed by atoms with Crippen molar-refractivity contribution in [1.29, 1.82) is 0 Å². The molecule has 3 amide bonds. The fourth-order valence-electron chi connectivity index (χ4n) is 2.89. The number of nitrogens with zero attached hydrogens (tertiary/aromatic N) is 1. The topological polar surface area (TPSA) is 61.4 Å². The highest BCUT2D eigenvalue weighted by Gasteiger charge is 2.25. The molecule has 5 nitrogen and oxygen atoms in total. The SMILES string of the molecule is CNC(=O)NC(=O)CCCN(C)[C@@H]1CCc2ccccc21. The van der Waals surface area contributed by atoms with Crippen molar-refractivity contribution < 1.29 is 9.59 Å². The lowest BCUT2D eigenvalue weighted by atomic mass is 10.1. The first-order valence-electron chi connectivity index (χ1n) is 7.41. The van der Waals surface area contributed by atoms with Crippen LogP contribution in [0.2, 0.25) is 0 Å². The maximum absolute atomic E-state index is 11.5. The number of imide groups is 1. The quantitative estimate of drug-likeness (QED) is 0.869. The molecule has 0 heterocycles. The number of carbonyl (C=O) groups excluding carboxylic acids is 2. The van der Waals surface area contributed by atoms with E-state index in [0.717, 1.165) is 25.8 Å². The predicted molar refractivity (Wildman–Crippen MR) is 82.0 cm³/mol. The van der Waals surface area contributed by atoms with Crippen molar-refractivity contribution in [2.24, 2.45) is 0 Å². The Morgan fingerprint density at radius 2 is 2.10 bits per heavy atom. The van der Waals surface area contributed by atoms with E-state index in [1.807, 2.05) is 0 Å². The van der Waals surface area contributed by atoms with Gasteiger partial charge in [-0.25, -0.2) is 4.79 Å². The highest BCUT2D eigenvalue weighted by molar-refractivity contribution is 5.94. The maximum Gasteiger partial charge on any atom is 0.321 e. The summed E-state index contributed by atoms with van der Waals surface area (Å²) < 4.78 is 0. The van der Waals surface area contributed by atoms with Crippen molar-refractivity contribution in [2.75, 3.05) is 20.6 Å². The van der Waals surface area contributed by atoms with Crippen molar-refractivity contribution in [3.63, 3.8) is 0 Å². The van der Waals surface area contributed by atoms with Gasteiger partial charge in [-0.2, -0.15) is 0 Å². The normalized spacial score (nSPS) is 16.6. The minimum atomic E-state index is -0.446. The summed E-state index contributed by atoms with van der Waals surface area (Å²) in [6.07, 6.45) is 3.38. The first kappa shape index (κ1) is 15.5. The van der Waals surface area contributed by atoms with Crippen LogP contribution < -0.4 is 10.6 Å². The van der Waals surface area contributed by atoms with E-state index in [1.54, 1.807) is 0 Å². The first-order valence-corrected chi connectivity index (χ1v) is 7.41. The Kier molecular flexibility index (Phi) is 5.33. The molecule has 0 bridgehead atoms. The summed E-state index contributed by atoms with van der Waals surface area (Å²) in [5.41, 5.74) is 2.85. The van der Waals surface area contributed by atoms with Crippen LogP contribution in [0.15, 0.2) is 24.3 Å². The number of fused-ring (bicyclic) bond motifs is 1. The lowest BCUT2D eigenvalue weighted by Gasteiger charge is -2.25. The van der Waals surface area contributed by atoms with Gasteiger partial charge in [-0.05, 0) is 44.0 Å². The van der Waals surface area contributed by atoms with E-state index >= 15 is 0 Å². The minimum Gasteiger partial charge on any atom is -0.341 e. The molecule has 114 valence electrons. The van der Waals surface area contributed by atoms with Gasteiger partial charge in [-0.1, -0.05) is 24.3 Å². The molecule has 0 spiro atoms. The Hall–Kier alpha value is -1.88. The summed E-state index contributed by atoms with van der Waals surface area (Å²) in [6.45, 7) is 0.847. The number of aryl methyl sites for hydroxylation is 1. The Morgan fingerprint density at radius 3 is 2.86 bits per heavy atom. The van der Waals surface area contributed by atoms with Crippen LogP contribution in [0.4, 0.5) is 4.79 Å². The average molecular weight is 289 g/mol. The Labute approximate surface area is 125 Å². The monoisotopic (exact) mass is 289 g/mol. The number of nitrogens with one attached hydrogen (secondary N) is 2. The van der Waals surface area contributed by atoms with Gasteiger partial charge in [0.2, 0.25) is 5.91 Å². The van der Waals surface area contributed by atoms with Gasteiger partial charge in [0, 0.05) is 19.5 Å². The summed E-state index contributed by atoms with van der Waals surface area (Å²) in [7, 11) is 3.59. The molecular weight excluding hydrogens is 266 g/mol. The van der Waals surface area contributed by atoms with Gasteiger partial charge in [0.15, 0.2) is 0 Å². The standard InChI is InChI=1S/C16H23N3O2/c1-17-16(21)18-15(20)8-5-11-19(2)14-10-9-12-6-3-4-7-13(12)14/h3-4,6-7,14H,5,8-11H2,1-2H3,(H2,17,18,20,21)/t14-/m1/s1. The number of hydrogen-bond donors (Lipinski definition) is 2. The summed E-state index contributed by atoms with van der Waals surface area (Å²) in [5, 5.41) is 4.65. The Balaban J connectivity index is 1.77. The predicted octanol–water partition coefficient (Wildman–Crippen LogP) is 1.84. The van der Waals surface area contributed by atoms with Gasteiger partial charge in [0.1, 0.15) is 0 Å². The molecule has 0 fully saturated rings. The number of carbonyl (C=O) groups is 2. The lowest BCUT2D eigenvalue weighted by Crippen LogP contribution is -2.37. The van der Waals surface area contributed by atoms with Crippen LogP contribution in [-0.2, 0) is 11.2 Å². The van der Waals surface area contributed by atoms with Crippen molar-refractivity contribution in [3.8, 4) is 0 Å². The van der Waals surface area contributed by atoms with Crippen molar-refractivity contribution in [1.82, 2.24) is 15.5 Å². The molecule has 1 atom stereocenters. The molecule has 1 aliphatic carbocycles. The van der Waals surface area contributed by atoms with Crippen molar-refractivity contribution in [2.45, 2.75) is 31.7 Å². The fourth-order valence-corrected chi connectivity index (χ4v) is 2.89. The zero-order valence-corrected chi connectivity index (χ0v) is 12.7. The molecule has 2 rings (SSSR count). The molecule has 1 aromatic rings. The van der Waals surface area contributed by atoms with Crippen LogP contribution in [0.25, 0.3) is 0 Å². The lowest BCUT2D eigenvalue weighted by molar-refractivity contribution is -0.120. The van der Waals surface area contributed by atoms with Gasteiger partial charge in [-0.15, -0.1) is 0 Å². The molecule has 0 aliphatic heterocycles. The number of amides is 3. The number of urea groups is 1. The molecular formula is C16H23N3O2. The van der Waals surface area contributed by atoms with Gasteiger partial charge >= 0.3 is 6.03 Å². The molecule has 21 heavy (non-hydrogen) atoms. The second-order valence-electron chi connectivity index (χ2n) is 5.46. The zero-order chi connectivity index (χ0) is 15.2. The fraction of sp³-hybridized carbons (Fsp3) is 0.500. The van der Waals surface area contributed by atoms with E-state index in [0.29, 0.717) is 12.5 Å². The Morgan fingerprint density at radius 1 is 1.33 bits per heavy atom. The second-order valence-corrected chi connectivity index (χ2v) is 5.46. The molecule has 0 radical (unpaired) electrons. The number of hydrogen-bond acceptors (Lipinski definition) is 3. The van der Waals surface area contributed by atoms with E-state index < -0.39 is 6.03 Å². The molecule has 1 aliphatic rings. The highest BCUT2D eigenvalue weighted by atomic mass is 16.2. The summed E-state index contributed by atoms with van der Waals surface area (Å²) in [5.74, 6) is -0.227. The van der Waals surface area contributed by atoms with E-state index in [-0.39, 0.29) is 5.91 Å². The van der Waals surface area contributed by atoms with Crippen LogP contribution in [0.1, 0.15) is 36.4 Å². The van der Waals surface area contributed by atoms with Gasteiger partial charge in [0.25, 0.3) is 0 Å². The van der Waals surface area contributed by atoms with Crippen LogP contribution in [0, 0.1) is 0 Å². The molecule has 2 N–H and O–H groups in total. The van der Waals surface area contributed by atoms with E-state index in [9.17, 15) is 9.59 Å².